The summed E-state index contributed by atoms with van der Waals surface area (Å²) in [6.45, 7) is -1.56. The predicted octanol–water partition coefficient (Wildman–Crippen LogP) is 2.69. The Morgan fingerprint density at radius 1 is 1.33 bits per heavy atom. The molecule has 0 bridgehead atoms. The molecule has 0 saturated carbocycles. The predicted molar refractivity (Wildman–Crippen MR) is 58.0 cm³/mol. The molecule has 0 unspecified atom stereocenters. The van der Waals surface area contributed by atoms with Gasteiger partial charge in [-0.05, 0) is 17.7 Å². The summed E-state index contributed by atoms with van der Waals surface area (Å²) >= 11 is 0. The van der Waals surface area contributed by atoms with Gasteiger partial charge in [-0.15, -0.1) is 0 Å². The minimum absolute atomic E-state index is 0.226. The number of rotatable bonds is 6. The molecule has 0 aliphatic heterocycles. The van der Waals surface area contributed by atoms with Gasteiger partial charge in [-0.2, -0.15) is 8.78 Å². The molecule has 1 aromatic carbocycles. The van der Waals surface area contributed by atoms with E-state index in [1.54, 1.807) is 12.1 Å². The van der Waals surface area contributed by atoms with E-state index in [-0.39, 0.29) is 6.61 Å². The molecule has 0 atom stereocenters. The second-order valence-corrected chi connectivity index (χ2v) is 3.63. The molecular formula is C11H13F4NO2. The fourth-order valence-corrected chi connectivity index (χ4v) is 1.24. The fourth-order valence-electron chi connectivity index (χ4n) is 1.24. The van der Waals surface area contributed by atoms with Crippen molar-refractivity contribution in [3.05, 3.63) is 23.8 Å². The SMILES string of the molecule is COc1ccc(COCC(F)(F)C(F)F)cc1N. The normalized spacial score (nSPS) is 11.9. The Balaban J connectivity index is 2.52. The van der Waals surface area contributed by atoms with Gasteiger partial charge in [-0.1, -0.05) is 6.07 Å². The van der Waals surface area contributed by atoms with Crippen LogP contribution < -0.4 is 10.5 Å². The Bertz CT molecular complexity index is 399. The second-order valence-electron chi connectivity index (χ2n) is 3.63. The highest BCUT2D eigenvalue weighted by molar-refractivity contribution is 5.54. The van der Waals surface area contributed by atoms with Crippen molar-refractivity contribution in [1.29, 1.82) is 0 Å². The van der Waals surface area contributed by atoms with Gasteiger partial charge in [0.25, 0.3) is 0 Å². The number of benzene rings is 1. The van der Waals surface area contributed by atoms with Crippen molar-refractivity contribution >= 4 is 5.69 Å². The minimum Gasteiger partial charge on any atom is -0.495 e. The van der Waals surface area contributed by atoms with Crippen molar-refractivity contribution in [2.45, 2.75) is 19.0 Å². The average molecular weight is 267 g/mol. The van der Waals surface area contributed by atoms with Crippen LogP contribution in [0.1, 0.15) is 5.56 Å². The molecule has 0 fully saturated rings. The zero-order chi connectivity index (χ0) is 13.8. The van der Waals surface area contributed by atoms with Crippen molar-refractivity contribution in [1.82, 2.24) is 0 Å². The van der Waals surface area contributed by atoms with Gasteiger partial charge in [0.2, 0.25) is 0 Å². The highest BCUT2D eigenvalue weighted by atomic mass is 19.3. The van der Waals surface area contributed by atoms with Crippen molar-refractivity contribution in [2.24, 2.45) is 0 Å². The van der Waals surface area contributed by atoms with E-state index in [9.17, 15) is 17.6 Å². The van der Waals surface area contributed by atoms with Gasteiger partial charge < -0.3 is 15.2 Å². The number of nitrogens with two attached hydrogens (primary N) is 1. The van der Waals surface area contributed by atoms with E-state index in [1.807, 2.05) is 0 Å². The standard InChI is InChI=1S/C11H13F4NO2/c1-17-9-3-2-7(4-8(9)16)5-18-6-11(14,15)10(12)13/h2-4,10H,5-6,16H2,1H3. The molecule has 0 heterocycles. The first-order valence-electron chi connectivity index (χ1n) is 5.03. The molecule has 0 saturated heterocycles. The van der Waals surface area contributed by atoms with Gasteiger partial charge in [0.1, 0.15) is 12.4 Å². The molecule has 1 rings (SSSR count). The first-order valence-corrected chi connectivity index (χ1v) is 5.03. The number of hydrogen-bond acceptors (Lipinski definition) is 3. The largest absolute Gasteiger partial charge is 0.495 e. The molecule has 0 aromatic heterocycles. The van der Waals surface area contributed by atoms with Crippen LogP contribution in [0.15, 0.2) is 18.2 Å². The van der Waals surface area contributed by atoms with E-state index in [0.717, 1.165) is 0 Å². The monoisotopic (exact) mass is 267 g/mol. The van der Waals surface area contributed by atoms with E-state index in [0.29, 0.717) is 17.0 Å². The van der Waals surface area contributed by atoms with E-state index >= 15 is 0 Å². The number of hydrogen-bond donors (Lipinski definition) is 1. The number of ether oxygens (including phenoxy) is 2. The first-order chi connectivity index (χ1) is 8.36. The van der Waals surface area contributed by atoms with Crippen LogP contribution in [0.5, 0.6) is 5.75 Å². The zero-order valence-electron chi connectivity index (χ0n) is 9.63. The topological polar surface area (TPSA) is 44.5 Å². The number of alkyl halides is 4. The van der Waals surface area contributed by atoms with Crippen LogP contribution in [-0.2, 0) is 11.3 Å². The minimum atomic E-state index is -4.14. The van der Waals surface area contributed by atoms with Crippen molar-refractivity contribution in [3.8, 4) is 5.75 Å². The number of nitrogen functional groups attached to an aromatic ring is 1. The lowest BCUT2D eigenvalue weighted by atomic mass is 10.2. The maximum absolute atomic E-state index is 12.5. The van der Waals surface area contributed by atoms with Crippen LogP contribution in [0.2, 0.25) is 0 Å². The van der Waals surface area contributed by atoms with Crippen molar-refractivity contribution < 1.29 is 27.0 Å². The Hall–Kier alpha value is -1.50. The van der Waals surface area contributed by atoms with Crippen LogP contribution in [-0.4, -0.2) is 26.1 Å². The lowest BCUT2D eigenvalue weighted by molar-refractivity contribution is -0.168. The van der Waals surface area contributed by atoms with Crippen LogP contribution in [0.3, 0.4) is 0 Å². The first kappa shape index (κ1) is 14.6. The third-order valence-electron chi connectivity index (χ3n) is 2.18. The summed E-state index contributed by atoms with van der Waals surface area (Å²) in [7, 11) is 1.44. The second kappa shape index (κ2) is 5.90. The molecular weight excluding hydrogens is 254 g/mol. The molecule has 0 amide bonds. The van der Waals surface area contributed by atoms with E-state index in [4.69, 9.17) is 10.5 Å². The number of methoxy groups -OCH3 is 1. The number of halogens is 4. The maximum Gasteiger partial charge on any atom is 0.330 e. The summed E-state index contributed by atoms with van der Waals surface area (Å²) in [5.41, 5.74) is 6.41. The molecule has 1 aromatic rings. The fraction of sp³-hybridized carbons (Fsp3) is 0.455. The smallest absolute Gasteiger partial charge is 0.330 e. The highest BCUT2D eigenvalue weighted by Gasteiger charge is 2.40. The molecule has 18 heavy (non-hydrogen) atoms. The summed E-state index contributed by atoms with van der Waals surface area (Å²) in [6, 6.07) is 4.56. The van der Waals surface area contributed by atoms with Gasteiger partial charge >= 0.3 is 12.3 Å². The molecule has 3 nitrogen and oxygen atoms in total. The average Bonchev–Trinajstić information content (AvgIpc) is 2.29. The van der Waals surface area contributed by atoms with Gasteiger partial charge in [-0.3, -0.25) is 0 Å². The van der Waals surface area contributed by atoms with Crippen molar-refractivity contribution in [3.63, 3.8) is 0 Å². The highest BCUT2D eigenvalue weighted by Crippen LogP contribution is 2.25. The summed E-state index contributed by atoms with van der Waals surface area (Å²) in [5, 5.41) is 0. The maximum atomic E-state index is 12.5. The molecule has 102 valence electrons. The quantitative estimate of drug-likeness (QED) is 0.636. The summed E-state index contributed by atoms with van der Waals surface area (Å²) in [6.07, 6.45) is -3.74. The number of anilines is 1. The van der Waals surface area contributed by atoms with Gasteiger partial charge in [0.05, 0.1) is 19.4 Å². The van der Waals surface area contributed by atoms with E-state index < -0.39 is 19.0 Å². The third kappa shape index (κ3) is 3.76. The Labute approximate surface area is 101 Å². The Kier molecular flexibility index (Phi) is 4.77. The van der Waals surface area contributed by atoms with Crippen LogP contribution in [0.4, 0.5) is 23.2 Å². The molecule has 0 radical (unpaired) electrons. The van der Waals surface area contributed by atoms with Gasteiger partial charge in [0, 0.05) is 0 Å². The van der Waals surface area contributed by atoms with Crippen LogP contribution in [0.25, 0.3) is 0 Å². The summed E-state index contributed by atoms with van der Waals surface area (Å²) < 4.78 is 58.2. The molecule has 0 aliphatic carbocycles. The third-order valence-corrected chi connectivity index (χ3v) is 2.18. The zero-order valence-corrected chi connectivity index (χ0v) is 9.63. The van der Waals surface area contributed by atoms with E-state index in [2.05, 4.69) is 4.74 Å². The lowest BCUT2D eigenvalue weighted by Crippen LogP contribution is -2.32. The lowest BCUT2D eigenvalue weighted by Gasteiger charge is -2.15. The molecule has 0 spiro atoms. The Morgan fingerprint density at radius 3 is 2.50 bits per heavy atom. The van der Waals surface area contributed by atoms with Crippen LogP contribution in [0, 0.1) is 0 Å². The van der Waals surface area contributed by atoms with E-state index in [1.165, 1.54) is 13.2 Å². The van der Waals surface area contributed by atoms with Gasteiger partial charge in [0.15, 0.2) is 0 Å². The van der Waals surface area contributed by atoms with Gasteiger partial charge in [-0.25, -0.2) is 8.78 Å². The summed E-state index contributed by atoms with van der Waals surface area (Å²) in [5.74, 6) is -3.70. The molecule has 7 heteroatoms. The molecule has 0 aliphatic rings. The molecule has 2 N–H and O–H groups in total. The van der Waals surface area contributed by atoms with Crippen molar-refractivity contribution in [2.75, 3.05) is 19.5 Å². The Morgan fingerprint density at radius 2 is 2.00 bits per heavy atom. The summed E-state index contributed by atoms with van der Waals surface area (Å²) in [4.78, 5) is 0. The van der Waals surface area contributed by atoms with Crippen LogP contribution >= 0.6 is 0 Å².